The van der Waals surface area contributed by atoms with Gasteiger partial charge < -0.3 is 14.7 Å². The summed E-state index contributed by atoms with van der Waals surface area (Å²) in [6.45, 7) is 1.57. The summed E-state index contributed by atoms with van der Waals surface area (Å²) in [5.74, 6) is 6.36. The number of aliphatic hydroxyl groups is 1. The first-order valence-electron chi connectivity index (χ1n) is 10.2. The van der Waals surface area contributed by atoms with Gasteiger partial charge in [0.1, 0.15) is 24.2 Å². The Labute approximate surface area is 180 Å². The zero-order chi connectivity index (χ0) is 21.6. The largest absolute Gasteiger partial charge is 0.489 e. The Bertz CT molecular complexity index is 1270. The van der Waals surface area contributed by atoms with E-state index in [1.165, 1.54) is 6.20 Å². The van der Waals surface area contributed by atoms with Crippen LogP contribution in [-0.2, 0) is 9.52 Å². The lowest BCUT2D eigenvalue weighted by Gasteiger charge is -2.29. The number of hydrogen-bond acceptors (Lipinski definition) is 7. The van der Waals surface area contributed by atoms with Crippen LogP contribution in [0.5, 0.6) is 5.75 Å². The summed E-state index contributed by atoms with van der Waals surface area (Å²) < 4.78 is 19.6. The number of ether oxygens (including phenoxy) is 1. The molecule has 2 fully saturated rings. The monoisotopic (exact) mass is 437 g/mol. The smallest absolute Gasteiger partial charge is 0.138 e. The lowest BCUT2D eigenvalue weighted by Crippen LogP contribution is -2.40. The van der Waals surface area contributed by atoms with Gasteiger partial charge in [0, 0.05) is 41.9 Å². The van der Waals surface area contributed by atoms with E-state index in [9.17, 15) is 14.6 Å². The van der Waals surface area contributed by atoms with E-state index in [2.05, 4.69) is 26.9 Å². The molecule has 1 N–H and O–H groups in total. The van der Waals surface area contributed by atoms with Crippen molar-refractivity contribution < 1.29 is 14.1 Å². The molecule has 0 unspecified atom stereocenters. The zero-order valence-corrected chi connectivity index (χ0v) is 17.8. The molecule has 5 rings (SSSR count). The van der Waals surface area contributed by atoms with Crippen molar-refractivity contribution in [1.82, 2.24) is 14.6 Å². The quantitative estimate of drug-likeness (QED) is 0.606. The Morgan fingerprint density at radius 2 is 2.06 bits per heavy atom. The van der Waals surface area contributed by atoms with Gasteiger partial charge >= 0.3 is 0 Å². The molecule has 2 aliphatic rings. The number of hydrogen-bond donors (Lipinski definition) is 1. The number of pyridine rings is 2. The molecule has 0 aromatic carbocycles. The van der Waals surface area contributed by atoms with E-state index in [1.54, 1.807) is 16.9 Å². The fraction of sp³-hybridized carbons (Fsp3) is 0.364. The molecule has 1 aliphatic heterocycles. The van der Waals surface area contributed by atoms with Gasteiger partial charge in [-0.2, -0.15) is 10.4 Å². The van der Waals surface area contributed by atoms with Crippen molar-refractivity contribution >= 4 is 26.7 Å². The van der Waals surface area contributed by atoms with E-state index in [0.717, 1.165) is 29.8 Å². The molecule has 8 nitrogen and oxygen atoms in total. The normalized spacial score (nSPS) is 19.2. The lowest BCUT2D eigenvalue weighted by atomic mass is 10.1. The third-order valence-electron chi connectivity index (χ3n) is 5.89. The fourth-order valence-electron chi connectivity index (χ4n) is 3.71. The minimum absolute atomic E-state index is 0.228. The van der Waals surface area contributed by atoms with Crippen LogP contribution in [0.15, 0.2) is 36.8 Å². The molecule has 1 saturated heterocycles. The van der Waals surface area contributed by atoms with Crippen LogP contribution in [0, 0.1) is 11.3 Å². The number of aromatic nitrogens is 3. The van der Waals surface area contributed by atoms with Crippen molar-refractivity contribution in [3.8, 4) is 22.9 Å². The van der Waals surface area contributed by atoms with Gasteiger partial charge in [-0.1, -0.05) is 0 Å². The van der Waals surface area contributed by atoms with Gasteiger partial charge in [-0.15, -0.1) is 0 Å². The topological polar surface area (TPSA) is 104 Å². The van der Waals surface area contributed by atoms with Crippen molar-refractivity contribution in [2.45, 2.75) is 18.4 Å². The van der Waals surface area contributed by atoms with Crippen LogP contribution in [0.2, 0.25) is 0 Å². The predicted molar refractivity (Wildman–Crippen MR) is 120 cm³/mol. The summed E-state index contributed by atoms with van der Waals surface area (Å²) in [6.07, 6.45) is 6.51. The van der Waals surface area contributed by atoms with Gasteiger partial charge in [0.2, 0.25) is 0 Å². The summed E-state index contributed by atoms with van der Waals surface area (Å²) in [6, 6.07) is 7.94. The molecule has 9 heteroatoms. The van der Waals surface area contributed by atoms with Gasteiger partial charge in [-0.25, -0.2) is 9.50 Å². The van der Waals surface area contributed by atoms with E-state index in [4.69, 9.17) is 4.74 Å². The average molecular weight is 438 g/mol. The van der Waals surface area contributed by atoms with Crippen LogP contribution >= 0.6 is 0 Å². The molecular formula is C22H23N5O3S. The first-order chi connectivity index (χ1) is 14.9. The van der Waals surface area contributed by atoms with Crippen molar-refractivity contribution in [1.29, 1.82) is 5.26 Å². The maximum Gasteiger partial charge on any atom is 0.138 e. The average Bonchev–Trinajstić information content (AvgIpc) is 3.36. The number of nitriles is 1. The second-order valence-electron chi connectivity index (χ2n) is 8.33. The highest BCUT2D eigenvalue weighted by atomic mass is 32.2. The Balaban J connectivity index is 1.48. The molecule has 0 spiro atoms. The molecule has 4 heterocycles. The SMILES string of the molecule is C=S1(=O)CCN(c2ccc(-c3cc(OCC4(O)CC4)cn4ncc(C#N)c34)cn2)CC1. The first kappa shape index (κ1) is 19.8. The fourth-order valence-corrected chi connectivity index (χ4v) is 5.02. The van der Waals surface area contributed by atoms with E-state index in [-0.39, 0.29) is 6.61 Å². The van der Waals surface area contributed by atoms with Crippen LogP contribution in [0.25, 0.3) is 16.6 Å². The van der Waals surface area contributed by atoms with Crippen molar-refractivity contribution in [3.63, 3.8) is 0 Å². The van der Waals surface area contributed by atoms with E-state index >= 15 is 0 Å². The Morgan fingerprint density at radius 3 is 2.71 bits per heavy atom. The van der Waals surface area contributed by atoms with Crippen molar-refractivity contribution in [2.24, 2.45) is 0 Å². The third-order valence-corrected chi connectivity index (χ3v) is 7.74. The molecule has 31 heavy (non-hydrogen) atoms. The number of anilines is 1. The molecule has 3 aromatic heterocycles. The number of nitrogens with zero attached hydrogens (tertiary/aromatic N) is 5. The van der Waals surface area contributed by atoms with Crippen LogP contribution in [0.3, 0.4) is 0 Å². The predicted octanol–water partition coefficient (Wildman–Crippen LogP) is 1.71. The summed E-state index contributed by atoms with van der Waals surface area (Å²) in [7, 11) is -1.96. The summed E-state index contributed by atoms with van der Waals surface area (Å²) in [5, 5.41) is 23.9. The van der Waals surface area contributed by atoms with Gasteiger partial charge in [-0.3, -0.25) is 4.21 Å². The van der Waals surface area contributed by atoms with Gasteiger partial charge in [0.05, 0.1) is 29.1 Å². The summed E-state index contributed by atoms with van der Waals surface area (Å²) >= 11 is 0. The maximum absolute atomic E-state index is 12.1. The van der Waals surface area contributed by atoms with Gasteiger partial charge in [-0.05, 0) is 46.4 Å². The standard InChI is InChI=1S/C22H23N5O3S/c1-31(29)8-6-26(7-9-31)20-3-2-16(12-24-20)19-10-18(30-15-22(28)4-5-22)14-27-21(19)17(11-23)13-25-27/h2-3,10,12-14,28H,1,4-9,15H2. The molecular weight excluding hydrogens is 414 g/mol. The molecule has 0 amide bonds. The van der Waals surface area contributed by atoms with E-state index in [1.807, 2.05) is 18.2 Å². The highest BCUT2D eigenvalue weighted by molar-refractivity contribution is 8.00. The molecule has 3 aromatic rings. The number of fused-ring (bicyclic) bond motifs is 1. The molecule has 0 radical (unpaired) electrons. The van der Waals surface area contributed by atoms with Crippen LogP contribution in [0.4, 0.5) is 5.82 Å². The first-order valence-corrected chi connectivity index (χ1v) is 12.2. The molecule has 0 bridgehead atoms. The van der Waals surface area contributed by atoms with Crippen molar-refractivity contribution in [2.75, 3.05) is 36.1 Å². The minimum atomic E-state index is -1.96. The van der Waals surface area contributed by atoms with Crippen LogP contribution in [-0.4, -0.2) is 66.6 Å². The molecule has 1 saturated carbocycles. The molecule has 0 atom stereocenters. The summed E-state index contributed by atoms with van der Waals surface area (Å²) in [5.41, 5.74) is 2.04. The van der Waals surface area contributed by atoms with Gasteiger partial charge in [0.25, 0.3) is 0 Å². The zero-order valence-electron chi connectivity index (χ0n) is 17.0. The third kappa shape index (κ3) is 3.96. The van der Waals surface area contributed by atoms with E-state index in [0.29, 0.717) is 41.4 Å². The highest BCUT2D eigenvalue weighted by Gasteiger charge is 2.41. The second-order valence-corrected chi connectivity index (χ2v) is 11.1. The number of rotatable bonds is 5. The molecule has 1 aliphatic carbocycles. The Hall–Kier alpha value is -3.09. The van der Waals surface area contributed by atoms with Gasteiger partial charge in [0.15, 0.2) is 0 Å². The minimum Gasteiger partial charge on any atom is -0.489 e. The Morgan fingerprint density at radius 1 is 1.29 bits per heavy atom. The van der Waals surface area contributed by atoms with Crippen molar-refractivity contribution in [3.05, 3.63) is 42.4 Å². The highest BCUT2D eigenvalue weighted by Crippen LogP contribution is 2.36. The van der Waals surface area contributed by atoms with Crippen LogP contribution < -0.4 is 9.64 Å². The lowest BCUT2D eigenvalue weighted by molar-refractivity contribution is 0.0854. The Kier molecular flexibility index (Phi) is 4.64. The molecule has 160 valence electrons. The maximum atomic E-state index is 12.1. The second kappa shape index (κ2) is 7.25. The summed E-state index contributed by atoms with van der Waals surface area (Å²) in [4.78, 5) is 6.73. The van der Waals surface area contributed by atoms with E-state index < -0.39 is 15.1 Å². The van der Waals surface area contributed by atoms with Crippen LogP contribution in [0.1, 0.15) is 18.4 Å².